The van der Waals surface area contributed by atoms with Gasteiger partial charge in [-0.2, -0.15) is 0 Å². The number of carboxylic acid groups (broad SMARTS) is 1. The molecule has 1 heterocycles. The number of morpholine rings is 1. The average molecular weight is 372 g/mol. The molecule has 7 heteroatoms. The van der Waals surface area contributed by atoms with Gasteiger partial charge in [0.15, 0.2) is 6.04 Å². The number of benzene rings is 1. The van der Waals surface area contributed by atoms with E-state index in [0.717, 1.165) is 0 Å². The minimum absolute atomic E-state index is 0.00439. The van der Waals surface area contributed by atoms with E-state index in [4.69, 9.17) is 9.47 Å². The number of nitrogens with zero attached hydrogens (tertiary/aromatic N) is 1. The molecular formula is C15H18BrNO5. The Labute approximate surface area is 137 Å². The second kappa shape index (κ2) is 7.11. The summed E-state index contributed by atoms with van der Waals surface area (Å²) in [6, 6.07) is 4.09. The molecule has 0 unspecified atom stereocenters. The average Bonchev–Trinajstić information content (AvgIpc) is 2.45. The van der Waals surface area contributed by atoms with Crippen LogP contribution in [0.4, 0.5) is 0 Å². The number of hydrogen-bond donors (Lipinski definition) is 1. The van der Waals surface area contributed by atoms with Crippen molar-refractivity contribution in [3.63, 3.8) is 0 Å². The SMILES string of the molecule is CC(C)Oc1cc(Br)cc(C(=O)N2CCOC[C@H]2C(=O)O)c1. The predicted octanol–water partition coefficient (Wildman–Crippen LogP) is 2.16. The number of halogens is 1. The first-order valence-corrected chi connectivity index (χ1v) is 7.76. The number of ether oxygens (including phenoxy) is 2. The Bertz CT molecular complexity index is 575. The highest BCUT2D eigenvalue weighted by Crippen LogP contribution is 2.24. The molecule has 2 rings (SSSR count). The molecule has 0 spiro atoms. The van der Waals surface area contributed by atoms with Crippen molar-refractivity contribution in [3.05, 3.63) is 28.2 Å². The zero-order valence-corrected chi connectivity index (χ0v) is 14.0. The second-order valence-corrected chi connectivity index (χ2v) is 6.19. The molecule has 120 valence electrons. The Hall–Kier alpha value is -1.60. The maximum Gasteiger partial charge on any atom is 0.328 e. The number of amides is 1. The van der Waals surface area contributed by atoms with Gasteiger partial charge >= 0.3 is 5.97 Å². The standard InChI is InChI=1S/C15H18BrNO5/c1-9(2)22-12-6-10(5-11(16)7-12)14(18)17-3-4-21-8-13(17)15(19)20/h5-7,9,13H,3-4,8H2,1-2H3,(H,19,20)/t13-/m0/s1. The molecule has 22 heavy (non-hydrogen) atoms. The monoisotopic (exact) mass is 371 g/mol. The largest absolute Gasteiger partial charge is 0.491 e. The number of hydrogen-bond acceptors (Lipinski definition) is 4. The Balaban J connectivity index is 2.27. The molecule has 1 fully saturated rings. The molecule has 0 aromatic heterocycles. The van der Waals surface area contributed by atoms with Crippen LogP contribution in [0.2, 0.25) is 0 Å². The van der Waals surface area contributed by atoms with Gasteiger partial charge in [0, 0.05) is 16.6 Å². The van der Waals surface area contributed by atoms with Crippen molar-refractivity contribution >= 4 is 27.8 Å². The van der Waals surface area contributed by atoms with Gasteiger partial charge in [0.1, 0.15) is 5.75 Å². The van der Waals surface area contributed by atoms with Crippen LogP contribution in [0.5, 0.6) is 5.75 Å². The maximum absolute atomic E-state index is 12.6. The molecule has 0 bridgehead atoms. The highest BCUT2D eigenvalue weighted by atomic mass is 79.9. The van der Waals surface area contributed by atoms with Crippen LogP contribution in [0.1, 0.15) is 24.2 Å². The minimum atomic E-state index is -1.07. The third kappa shape index (κ3) is 3.98. The molecule has 1 saturated heterocycles. The summed E-state index contributed by atoms with van der Waals surface area (Å²) in [6.07, 6.45) is -0.0209. The third-order valence-corrected chi connectivity index (χ3v) is 3.62. The predicted molar refractivity (Wildman–Crippen MR) is 83.2 cm³/mol. The van der Waals surface area contributed by atoms with Crippen molar-refractivity contribution in [2.45, 2.75) is 26.0 Å². The summed E-state index contributed by atoms with van der Waals surface area (Å²) in [7, 11) is 0. The second-order valence-electron chi connectivity index (χ2n) is 5.27. The normalized spacial score (nSPS) is 18.4. The summed E-state index contributed by atoms with van der Waals surface area (Å²) < 4.78 is 11.5. The lowest BCUT2D eigenvalue weighted by molar-refractivity contribution is -0.147. The lowest BCUT2D eigenvalue weighted by Crippen LogP contribution is -2.52. The van der Waals surface area contributed by atoms with Gasteiger partial charge in [-0.1, -0.05) is 15.9 Å². The molecule has 1 aliphatic rings. The van der Waals surface area contributed by atoms with Crippen molar-refractivity contribution in [1.82, 2.24) is 4.90 Å². The summed E-state index contributed by atoms with van der Waals surface area (Å²) >= 11 is 3.35. The van der Waals surface area contributed by atoms with Crippen molar-refractivity contribution in [1.29, 1.82) is 0 Å². The van der Waals surface area contributed by atoms with Crippen molar-refractivity contribution in [3.8, 4) is 5.75 Å². The Kier molecular flexibility index (Phi) is 5.42. The fourth-order valence-electron chi connectivity index (χ4n) is 2.24. The van der Waals surface area contributed by atoms with Crippen molar-refractivity contribution in [2.75, 3.05) is 19.8 Å². The van der Waals surface area contributed by atoms with E-state index < -0.39 is 12.0 Å². The summed E-state index contributed by atoms with van der Waals surface area (Å²) in [5, 5.41) is 9.22. The van der Waals surface area contributed by atoms with Crippen LogP contribution in [0.15, 0.2) is 22.7 Å². The Morgan fingerprint density at radius 2 is 2.14 bits per heavy atom. The molecule has 0 aliphatic carbocycles. The van der Waals surface area contributed by atoms with Crippen LogP contribution in [0.3, 0.4) is 0 Å². The fraction of sp³-hybridized carbons (Fsp3) is 0.467. The molecule has 6 nitrogen and oxygen atoms in total. The maximum atomic E-state index is 12.6. The number of carbonyl (C=O) groups is 2. The lowest BCUT2D eigenvalue weighted by Gasteiger charge is -2.33. The van der Waals surface area contributed by atoms with Crippen LogP contribution < -0.4 is 4.74 Å². The van der Waals surface area contributed by atoms with E-state index in [1.807, 2.05) is 13.8 Å². The molecule has 1 aromatic rings. The molecule has 1 N–H and O–H groups in total. The van der Waals surface area contributed by atoms with Crippen LogP contribution in [0.25, 0.3) is 0 Å². The number of aliphatic carboxylic acids is 1. The summed E-state index contributed by atoms with van der Waals surface area (Å²) in [4.78, 5) is 25.2. The summed E-state index contributed by atoms with van der Waals surface area (Å²) in [5.74, 6) is -0.847. The molecule has 1 aromatic carbocycles. The first-order chi connectivity index (χ1) is 10.4. The lowest BCUT2D eigenvalue weighted by atomic mass is 10.1. The third-order valence-electron chi connectivity index (χ3n) is 3.16. The zero-order valence-electron chi connectivity index (χ0n) is 12.4. The molecule has 1 atom stereocenters. The van der Waals surface area contributed by atoms with E-state index in [1.165, 1.54) is 4.90 Å². The topological polar surface area (TPSA) is 76.1 Å². The number of carboxylic acids is 1. The van der Waals surface area contributed by atoms with Gasteiger partial charge in [0.2, 0.25) is 0 Å². The number of rotatable bonds is 4. The quantitative estimate of drug-likeness (QED) is 0.877. The highest BCUT2D eigenvalue weighted by Gasteiger charge is 2.33. The smallest absolute Gasteiger partial charge is 0.328 e. The van der Waals surface area contributed by atoms with E-state index in [0.29, 0.717) is 22.4 Å². The van der Waals surface area contributed by atoms with Crippen LogP contribution in [-0.4, -0.2) is 53.8 Å². The molecule has 1 amide bonds. The van der Waals surface area contributed by atoms with Crippen molar-refractivity contribution < 1.29 is 24.2 Å². The minimum Gasteiger partial charge on any atom is -0.491 e. The van der Waals surface area contributed by atoms with Gasteiger partial charge in [-0.3, -0.25) is 4.79 Å². The van der Waals surface area contributed by atoms with Gasteiger partial charge in [0.05, 0.1) is 19.3 Å². The van der Waals surface area contributed by atoms with Crippen LogP contribution in [-0.2, 0) is 9.53 Å². The van der Waals surface area contributed by atoms with Gasteiger partial charge in [-0.25, -0.2) is 4.79 Å². The van der Waals surface area contributed by atoms with E-state index in [-0.39, 0.29) is 25.2 Å². The van der Waals surface area contributed by atoms with Gasteiger partial charge in [0.25, 0.3) is 5.91 Å². The van der Waals surface area contributed by atoms with E-state index in [2.05, 4.69) is 15.9 Å². The summed E-state index contributed by atoms with van der Waals surface area (Å²) in [5.41, 5.74) is 0.387. The Morgan fingerprint density at radius 3 is 2.77 bits per heavy atom. The van der Waals surface area contributed by atoms with Gasteiger partial charge in [-0.05, 0) is 32.0 Å². The fourth-order valence-corrected chi connectivity index (χ4v) is 2.72. The number of carbonyl (C=O) groups excluding carboxylic acids is 1. The van der Waals surface area contributed by atoms with E-state index >= 15 is 0 Å². The van der Waals surface area contributed by atoms with Gasteiger partial charge in [-0.15, -0.1) is 0 Å². The van der Waals surface area contributed by atoms with Crippen molar-refractivity contribution in [2.24, 2.45) is 0 Å². The first-order valence-electron chi connectivity index (χ1n) is 6.97. The van der Waals surface area contributed by atoms with E-state index in [1.54, 1.807) is 18.2 Å². The summed E-state index contributed by atoms with van der Waals surface area (Å²) in [6.45, 7) is 4.38. The molecule has 0 radical (unpaired) electrons. The first kappa shape index (κ1) is 16.8. The van der Waals surface area contributed by atoms with Gasteiger partial charge < -0.3 is 19.5 Å². The van der Waals surface area contributed by atoms with Crippen LogP contribution in [0, 0.1) is 0 Å². The zero-order chi connectivity index (χ0) is 16.3. The van der Waals surface area contributed by atoms with Crippen LogP contribution >= 0.6 is 15.9 Å². The molecule has 1 aliphatic heterocycles. The highest BCUT2D eigenvalue weighted by molar-refractivity contribution is 9.10. The molecule has 0 saturated carbocycles. The Morgan fingerprint density at radius 1 is 1.41 bits per heavy atom. The van der Waals surface area contributed by atoms with E-state index in [9.17, 15) is 14.7 Å². The molecular weight excluding hydrogens is 354 g/mol.